The average Bonchev–Trinajstić information content (AvgIpc) is 2.59. The van der Waals surface area contributed by atoms with Gasteiger partial charge < -0.3 is 14.0 Å². The maximum absolute atomic E-state index is 14.0. The van der Waals surface area contributed by atoms with Gasteiger partial charge in [0.1, 0.15) is 0 Å². The van der Waals surface area contributed by atoms with Gasteiger partial charge in [-0.3, -0.25) is 0 Å². The highest BCUT2D eigenvalue weighted by molar-refractivity contribution is 6.62. The van der Waals surface area contributed by atoms with Crippen molar-refractivity contribution in [3.8, 4) is 5.88 Å². The van der Waals surface area contributed by atoms with Gasteiger partial charge >= 0.3 is 13.3 Å². The van der Waals surface area contributed by atoms with Crippen molar-refractivity contribution in [1.82, 2.24) is 4.98 Å². The quantitative estimate of drug-likeness (QED) is 0.618. The molecule has 1 aromatic heterocycles. The van der Waals surface area contributed by atoms with Gasteiger partial charge in [-0.15, -0.1) is 0 Å². The molecule has 1 saturated heterocycles. The first-order chi connectivity index (χ1) is 10.3. The van der Waals surface area contributed by atoms with Gasteiger partial charge in [0.15, 0.2) is 11.9 Å². The number of rotatable bonds is 3. The van der Waals surface area contributed by atoms with E-state index in [1.54, 1.807) is 0 Å². The molecular weight excluding hydrogens is 329 g/mol. The molecule has 1 aliphatic rings. The summed E-state index contributed by atoms with van der Waals surface area (Å²) in [4.78, 5) is 3.61. The number of hydrogen-bond acceptors (Lipinski definition) is 4. The zero-order valence-electron chi connectivity index (χ0n) is 13.5. The summed E-state index contributed by atoms with van der Waals surface area (Å²) in [6.45, 7) is 8.11. The highest BCUT2D eigenvalue weighted by atomic mass is 19.4. The van der Waals surface area contributed by atoms with E-state index in [9.17, 15) is 17.6 Å². The summed E-state index contributed by atoms with van der Waals surface area (Å²) in [7, 11) is -0.851. The van der Waals surface area contributed by atoms with E-state index in [-0.39, 0.29) is 12.9 Å². The summed E-state index contributed by atoms with van der Waals surface area (Å²) >= 11 is 0. The lowest BCUT2D eigenvalue weighted by Gasteiger charge is -2.32. The third kappa shape index (κ3) is 4.00. The molecule has 0 bridgehead atoms. The molecule has 2 heterocycles. The topological polar surface area (TPSA) is 40.6 Å². The van der Waals surface area contributed by atoms with Crippen LogP contribution < -0.4 is 10.2 Å². The standard InChI is InChI=1S/C14H18BF4NO3.CH4/c1-8(14(17,18)19)21-11-10(16)6-9(7-20-11)15-22-12(2,3)13(4,5)23-15;/h6-8H,1-5H3;1H4. The molecule has 2 rings (SSSR count). The molecule has 0 N–H and O–H groups in total. The molecule has 0 saturated carbocycles. The minimum absolute atomic E-state index is 0. The van der Waals surface area contributed by atoms with Crippen molar-refractivity contribution in [3.63, 3.8) is 0 Å². The Labute approximate surface area is 139 Å². The summed E-state index contributed by atoms with van der Waals surface area (Å²) in [6.07, 6.45) is -5.57. The first kappa shape index (κ1) is 20.7. The maximum Gasteiger partial charge on any atom is 0.496 e. The van der Waals surface area contributed by atoms with Crippen molar-refractivity contribution >= 4 is 12.6 Å². The van der Waals surface area contributed by atoms with Crippen LogP contribution in [0.4, 0.5) is 17.6 Å². The lowest BCUT2D eigenvalue weighted by atomic mass is 9.80. The second kappa shape index (κ2) is 6.52. The third-order valence-corrected chi connectivity index (χ3v) is 4.10. The van der Waals surface area contributed by atoms with Crippen molar-refractivity contribution in [2.75, 3.05) is 0 Å². The van der Waals surface area contributed by atoms with Crippen LogP contribution in [0.15, 0.2) is 12.3 Å². The molecule has 0 spiro atoms. The molecule has 4 nitrogen and oxygen atoms in total. The van der Waals surface area contributed by atoms with Gasteiger partial charge in [-0.05, 0) is 40.7 Å². The van der Waals surface area contributed by atoms with E-state index in [0.29, 0.717) is 0 Å². The predicted octanol–water partition coefficient (Wildman–Crippen LogP) is 3.49. The summed E-state index contributed by atoms with van der Waals surface area (Å²) in [5.41, 5.74) is -0.962. The van der Waals surface area contributed by atoms with Crippen LogP contribution in [0, 0.1) is 5.82 Å². The van der Waals surface area contributed by atoms with Crippen LogP contribution in [-0.2, 0) is 9.31 Å². The van der Waals surface area contributed by atoms with Crippen LogP contribution in [0.2, 0.25) is 0 Å². The fraction of sp³-hybridized carbons (Fsp3) is 0.667. The molecule has 1 unspecified atom stereocenters. The van der Waals surface area contributed by atoms with Crippen molar-refractivity contribution in [3.05, 3.63) is 18.1 Å². The van der Waals surface area contributed by atoms with Crippen molar-refractivity contribution in [2.24, 2.45) is 0 Å². The average molecular weight is 351 g/mol. The van der Waals surface area contributed by atoms with Crippen LogP contribution >= 0.6 is 0 Å². The second-order valence-corrected chi connectivity index (χ2v) is 6.45. The summed E-state index contributed by atoms with van der Waals surface area (Å²) < 4.78 is 67.3. The monoisotopic (exact) mass is 351 g/mol. The van der Waals surface area contributed by atoms with Gasteiger partial charge in [0.25, 0.3) is 5.88 Å². The Morgan fingerprint density at radius 1 is 1.17 bits per heavy atom. The number of aromatic nitrogens is 1. The lowest BCUT2D eigenvalue weighted by molar-refractivity contribution is -0.190. The minimum Gasteiger partial charge on any atom is -0.463 e. The van der Waals surface area contributed by atoms with E-state index in [2.05, 4.69) is 9.72 Å². The Kier molecular flexibility index (Phi) is 5.62. The van der Waals surface area contributed by atoms with Gasteiger partial charge in [-0.25, -0.2) is 9.37 Å². The summed E-state index contributed by atoms with van der Waals surface area (Å²) in [6, 6.07) is 1.01. The Bertz CT molecular complexity index is 577. The molecule has 1 fully saturated rings. The molecule has 1 aliphatic heterocycles. The number of hydrogen-bond donors (Lipinski definition) is 0. The first-order valence-electron chi connectivity index (χ1n) is 7.08. The van der Waals surface area contributed by atoms with Crippen LogP contribution in [0.5, 0.6) is 5.88 Å². The molecular formula is C15H22BF4NO3. The van der Waals surface area contributed by atoms with Crippen molar-refractivity contribution < 1.29 is 31.6 Å². The van der Waals surface area contributed by atoms with E-state index < -0.39 is 42.3 Å². The van der Waals surface area contributed by atoms with Crippen LogP contribution in [-0.4, -0.2) is 35.6 Å². The Hall–Kier alpha value is -1.35. The zero-order valence-corrected chi connectivity index (χ0v) is 13.5. The van der Waals surface area contributed by atoms with Gasteiger partial charge in [0, 0.05) is 11.7 Å². The Morgan fingerprint density at radius 3 is 2.08 bits per heavy atom. The molecule has 0 aliphatic carbocycles. The normalized spacial score (nSPS) is 20.5. The third-order valence-electron chi connectivity index (χ3n) is 4.10. The fourth-order valence-corrected chi connectivity index (χ4v) is 1.87. The SMILES string of the molecule is C.CC(Oc1ncc(B2OC(C)(C)C(C)(C)O2)cc1F)C(F)(F)F. The van der Waals surface area contributed by atoms with E-state index in [4.69, 9.17) is 9.31 Å². The molecule has 0 amide bonds. The smallest absolute Gasteiger partial charge is 0.463 e. The highest BCUT2D eigenvalue weighted by Crippen LogP contribution is 2.36. The van der Waals surface area contributed by atoms with Crippen LogP contribution in [0.1, 0.15) is 42.0 Å². The minimum atomic E-state index is -4.60. The van der Waals surface area contributed by atoms with Gasteiger partial charge in [0.2, 0.25) is 0 Å². The number of alkyl halides is 3. The lowest BCUT2D eigenvalue weighted by Crippen LogP contribution is -2.41. The van der Waals surface area contributed by atoms with Gasteiger partial charge in [-0.2, -0.15) is 13.2 Å². The number of nitrogens with zero attached hydrogens (tertiary/aromatic N) is 1. The molecule has 0 radical (unpaired) electrons. The van der Waals surface area contributed by atoms with Gasteiger partial charge in [-0.1, -0.05) is 7.43 Å². The predicted molar refractivity (Wildman–Crippen MR) is 82.8 cm³/mol. The molecule has 0 aromatic carbocycles. The maximum atomic E-state index is 14.0. The molecule has 136 valence electrons. The van der Waals surface area contributed by atoms with E-state index in [1.807, 2.05) is 27.7 Å². The summed E-state index contributed by atoms with van der Waals surface area (Å²) in [5.74, 6) is -1.72. The highest BCUT2D eigenvalue weighted by Gasteiger charge is 2.52. The van der Waals surface area contributed by atoms with Gasteiger partial charge in [0.05, 0.1) is 11.2 Å². The Balaban J connectivity index is 0.00000288. The second-order valence-electron chi connectivity index (χ2n) is 6.45. The summed E-state index contributed by atoms with van der Waals surface area (Å²) in [5, 5.41) is 0. The Morgan fingerprint density at radius 2 is 1.67 bits per heavy atom. The van der Waals surface area contributed by atoms with Crippen molar-refractivity contribution in [1.29, 1.82) is 0 Å². The van der Waals surface area contributed by atoms with Crippen molar-refractivity contribution in [2.45, 2.75) is 65.5 Å². The number of ether oxygens (including phenoxy) is 1. The zero-order chi connectivity index (χ0) is 17.6. The number of pyridine rings is 1. The van der Waals surface area contributed by atoms with Crippen LogP contribution in [0.25, 0.3) is 0 Å². The molecule has 1 aromatic rings. The van der Waals surface area contributed by atoms with E-state index in [1.165, 1.54) is 6.20 Å². The molecule has 1 atom stereocenters. The molecule has 24 heavy (non-hydrogen) atoms. The van der Waals surface area contributed by atoms with E-state index in [0.717, 1.165) is 13.0 Å². The molecule has 9 heteroatoms. The fourth-order valence-electron chi connectivity index (χ4n) is 1.87. The van der Waals surface area contributed by atoms with Crippen LogP contribution in [0.3, 0.4) is 0 Å². The largest absolute Gasteiger partial charge is 0.496 e. The number of halogens is 4. The first-order valence-corrected chi connectivity index (χ1v) is 7.08. The van der Waals surface area contributed by atoms with E-state index >= 15 is 0 Å².